The van der Waals surface area contributed by atoms with Crippen molar-refractivity contribution in [2.75, 3.05) is 0 Å². The molecular formula is C15H27N. The lowest BCUT2D eigenvalue weighted by molar-refractivity contribution is 0.161. The second-order valence-electron chi connectivity index (χ2n) is 5.91. The third-order valence-electron chi connectivity index (χ3n) is 3.94. The van der Waals surface area contributed by atoms with Gasteiger partial charge in [-0.05, 0) is 37.5 Å². The van der Waals surface area contributed by atoms with Crippen LogP contribution in [0.1, 0.15) is 53.4 Å². The summed E-state index contributed by atoms with van der Waals surface area (Å²) >= 11 is 0. The van der Waals surface area contributed by atoms with Crippen LogP contribution in [0.2, 0.25) is 0 Å². The zero-order valence-electron chi connectivity index (χ0n) is 11.3. The van der Waals surface area contributed by atoms with E-state index in [0.29, 0.717) is 12.1 Å². The highest BCUT2D eigenvalue weighted by Crippen LogP contribution is 2.33. The molecule has 0 saturated heterocycles. The molecule has 0 amide bonds. The molecule has 1 aliphatic rings. The van der Waals surface area contributed by atoms with Crippen LogP contribution in [0.25, 0.3) is 0 Å². The van der Waals surface area contributed by atoms with Gasteiger partial charge in [-0.25, -0.2) is 0 Å². The van der Waals surface area contributed by atoms with Crippen LogP contribution < -0.4 is 5.32 Å². The van der Waals surface area contributed by atoms with Crippen LogP contribution in [0.3, 0.4) is 0 Å². The summed E-state index contributed by atoms with van der Waals surface area (Å²) in [6.07, 6.45) is 10.3. The molecule has 0 aromatic rings. The maximum Gasteiger partial charge on any atom is 0.0238 e. The van der Waals surface area contributed by atoms with Crippen LogP contribution >= 0.6 is 0 Å². The van der Waals surface area contributed by atoms with Crippen LogP contribution in [0.5, 0.6) is 0 Å². The number of hydrogen-bond donors (Lipinski definition) is 1. The Bertz CT molecular complexity index is 238. The van der Waals surface area contributed by atoms with Gasteiger partial charge in [0.2, 0.25) is 0 Å². The number of nitrogens with one attached hydrogen (secondary N) is 1. The summed E-state index contributed by atoms with van der Waals surface area (Å²) in [5.41, 5.74) is 0. The van der Waals surface area contributed by atoms with E-state index in [1.807, 2.05) is 0 Å². The van der Waals surface area contributed by atoms with Crippen LogP contribution in [0.15, 0.2) is 0 Å². The third-order valence-corrected chi connectivity index (χ3v) is 3.94. The normalized spacial score (nSPS) is 32.4. The molecule has 0 spiro atoms. The van der Waals surface area contributed by atoms with Crippen molar-refractivity contribution < 1.29 is 0 Å². The third kappa shape index (κ3) is 3.83. The Morgan fingerprint density at radius 2 is 2.00 bits per heavy atom. The van der Waals surface area contributed by atoms with E-state index in [0.717, 1.165) is 24.2 Å². The van der Waals surface area contributed by atoms with E-state index < -0.39 is 0 Å². The highest BCUT2D eigenvalue weighted by atomic mass is 15.0. The summed E-state index contributed by atoms with van der Waals surface area (Å²) < 4.78 is 0. The van der Waals surface area contributed by atoms with E-state index in [1.165, 1.54) is 19.3 Å². The Hall–Kier alpha value is -0.480. The molecule has 0 heterocycles. The SMILES string of the molecule is C#CCC(C)NC1CC(C)CCC1C(C)C. The van der Waals surface area contributed by atoms with Gasteiger partial charge >= 0.3 is 0 Å². The predicted octanol–water partition coefficient (Wildman–Crippen LogP) is 3.45. The van der Waals surface area contributed by atoms with E-state index in [-0.39, 0.29) is 0 Å². The fourth-order valence-corrected chi connectivity index (χ4v) is 3.00. The molecule has 1 rings (SSSR count). The second-order valence-corrected chi connectivity index (χ2v) is 5.91. The van der Waals surface area contributed by atoms with Crippen LogP contribution in [0.4, 0.5) is 0 Å². The topological polar surface area (TPSA) is 12.0 Å². The first-order chi connectivity index (χ1) is 7.54. The van der Waals surface area contributed by atoms with Gasteiger partial charge in [0.05, 0.1) is 0 Å². The summed E-state index contributed by atoms with van der Waals surface area (Å²) in [6.45, 7) is 9.27. The van der Waals surface area contributed by atoms with E-state index in [2.05, 4.69) is 38.9 Å². The molecule has 1 fully saturated rings. The van der Waals surface area contributed by atoms with Crippen molar-refractivity contribution in [3.8, 4) is 12.3 Å². The highest BCUT2D eigenvalue weighted by Gasteiger charge is 2.30. The van der Waals surface area contributed by atoms with Crippen molar-refractivity contribution in [2.24, 2.45) is 17.8 Å². The molecule has 0 bridgehead atoms. The summed E-state index contributed by atoms with van der Waals surface area (Å²) in [4.78, 5) is 0. The van der Waals surface area contributed by atoms with Gasteiger partial charge in [-0.1, -0.05) is 27.2 Å². The number of rotatable bonds is 4. The lowest BCUT2D eigenvalue weighted by atomic mass is 9.74. The van der Waals surface area contributed by atoms with Crippen LogP contribution in [-0.2, 0) is 0 Å². The fourth-order valence-electron chi connectivity index (χ4n) is 3.00. The molecule has 0 aromatic heterocycles. The van der Waals surface area contributed by atoms with Gasteiger partial charge in [-0.3, -0.25) is 0 Å². The minimum absolute atomic E-state index is 0.460. The minimum Gasteiger partial charge on any atom is -0.310 e. The van der Waals surface area contributed by atoms with Gasteiger partial charge in [0.25, 0.3) is 0 Å². The van der Waals surface area contributed by atoms with Crippen LogP contribution in [0, 0.1) is 30.1 Å². The number of terminal acetylenes is 1. The van der Waals surface area contributed by atoms with Gasteiger partial charge in [0.15, 0.2) is 0 Å². The molecule has 1 saturated carbocycles. The summed E-state index contributed by atoms with van der Waals surface area (Å²) in [6, 6.07) is 1.13. The zero-order valence-corrected chi connectivity index (χ0v) is 11.3. The Morgan fingerprint density at radius 3 is 2.56 bits per heavy atom. The molecular weight excluding hydrogens is 194 g/mol. The highest BCUT2D eigenvalue weighted by molar-refractivity contribution is 4.92. The van der Waals surface area contributed by atoms with E-state index in [4.69, 9.17) is 6.42 Å². The molecule has 92 valence electrons. The quantitative estimate of drug-likeness (QED) is 0.717. The van der Waals surface area contributed by atoms with Crippen LogP contribution in [-0.4, -0.2) is 12.1 Å². The molecule has 4 atom stereocenters. The summed E-state index contributed by atoms with van der Waals surface area (Å²) in [7, 11) is 0. The van der Waals surface area contributed by atoms with Crippen molar-refractivity contribution >= 4 is 0 Å². The average Bonchev–Trinajstić information content (AvgIpc) is 2.17. The smallest absolute Gasteiger partial charge is 0.0238 e. The molecule has 16 heavy (non-hydrogen) atoms. The standard InChI is InChI=1S/C15H27N/c1-6-7-13(5)16-15-10-12(4)8-9-14(15)11(2)3/h1,11-16H,7-10H2,2-5H3. The lowest BCUT2D eigenvalue weighted by Crippen LogP contribution is -2.46. The van der Waals surface area contributed by atoms with Gasteiger partial charge < -0.3 is 5.32 Å². The van der Waals surface area contributed by atoms with E-state index in [9.17, 15) is 0 Å². The van der Waals surface area contributed by atoms with Crippen molar-refractivity contribution in [2.45, 2.75) is 65.5 Å². The van der Waals surface area contributed by atoms with Gasteiger partial charge in [-0.15, -0.1) is 12.3 Å². The Balaban J connectivity index is 2.54. The molecule has 1 aliphatic carbocycles. The molecule has 4 unspecified atom stereocenters. The van der Waals surface area contributed by atoms with Gasteiger partial charge in [-0.2, -0.15) is 0 Å². The van der Waals surface area contributed by atoms with Gasteiger partial charge in [0.1, 0.15) is 0 Å². The summed E-state index contributed by atoms with van der Waals surface area (Å²) in [5.74, 6) is 5.23. The molecule has 0 radical (unpaired) electrons. The number of hydrogen-bond acceptors (Lipinski definition) is 1. The van der Waals surface area contributed by atoms with Gasteiger partial charge in [0, 0.05) is 18.5 Å². The van der Waals surface area contributed by atoms with Crippen molar-refractivity contribution in [1.82, 2.24) is 5.32 Å². The molecule has 0 aromatic carbocycles. The molecule has 1 N–H and O–H groups in total. The molecule has 0 aliphatic heterocycles. The lowest BCUT2D eigenvalue weighted by Gasteiger charge is -2.39. The maximum atomic E-state index is 5.37. The monoisotopic (exact) mass is 221 g/mol. The second kappa shape index (κ2) is 6.30. The molecule has 1 heteroatoms. The largest absolute Gasteiger partial charge is 0.310 e. The predicted molar refractivity (Wildman–Crippen MR) is 71.2 cm³/mol. The maximum absolute atomic E-state index is 5.37. The van der Waals surface area contributed by atoms with Crippen molar-refractivity contribution in [3.63, 3.8) is 0 Å². The Morgan fingerprint density at radius 1 is 1.31 bits per heavy atom. The summed E-state index contributed by atoms with van der Waals surface area (Å²) in [5, 5.41) is 3.74. The van der Waals surface area contributed by atoms with Crippen molar-refractivity contribution in [3.05, 3.63) is 0 Å². The zero-order chi connectivity index (χ0) is 12.1. The molecule has 1 nitrogen and oxygen atoms in total. The first-order valence-corrected chi connectivity index (χ1v) is 6.74. The Labute approximate surface area is 101 Å². The van der Waals surface area contributed by atoms with E-state index in [1.54, 1.807) is 0 Å². The first-order valence-electron chi connectivity index (χ1n) is 6.74. The Kier molecular flexibility index (Phi) is 5.35. The minimum atomic E-state index is 0.460. The van der Waals surface area contributed by atoms with Crippen molar-refractivity contribution in [1.29, 1.82) is 0 Å². The van der Waals surface area contributed by atoms with E-state index >= 15 is 0 Å². The average molecular weight is 221 g/mol. The first kappa shape index (κ1) is 13.6. The fraction of sp³-hybridized carbons (Fsp3) is 0.867.